The number of aromatic nitrogens is 8. The lowest BCUT2D eigenvalue weighted by molar-refractivity contribution is 0.669. The molecule has 0 saturated carbocycles. The van der Waals surface area contributed by atoms with E-state index in [4.69, 9.17) is 24.4 Å². The predicted octanol–water partition coefficient (Wildman–Crippen LogP) is 28.3. The Morgan fingerprint density at radius 2 is 0.547 bits per heavy atom. The van der Waals surface area contributed by atoms with Gasteiger partial charge in [0.2, 0.25) is 0 Å². The lowest BCUT2D eigenvalue weighted by Gasteiger charge is -2.16. The molecule has 7 heterocycles. The zero-order chi connectivity index (χ0) is 76.2. The summed E-state index contributed by atoms with van der Waals surface area (Å²) in [6, 6.07) is 136. The highest BCUT2D eigenvalue weighted by atomic mass is 16.3. The molecule has 0 amide bonds. The van der Waals surface area contributed by atoms with Crippen LogP contribution in [-0.4, -0.2) is 38.2 Å². The average Bonchev–Trinajstić information content (AvgIpc) is 1.58. The number of hydrogen-bond acceptors (Lipinski definition) is 5. The normalized spacial score (nSPS) is 12.3. The second-order valence-electron chi connectivity index (χ2n) is 31.2. The van der Waals surface area contributed by atoms with Gasteiger partial charge in [0.1, 0.15) is 22.6 Å². The molecule has 540 valence electrons. The van der Waals surface area contributed by atoms with Crippen LogP contribution >= 0.6 is 0 Å². The van der Waals surface area contributed by atoms with Crippen LogP contribution in [0.2, 0.25) is 0 Å². The summed E-state index contributed by atoms with van der Waals surface area (Å²) in [5.74, 6) is 1.60. The Hall–Kier alpha value is -15.8. The Labute approximate surface area is 667 Å². The van der Waals surface area contributed by atoms with E-state index in [2.05, 4.69) is 358 Å². The molecule has 0 bridgehead atoms. The van der Waals surface area contributed by atoms with Crippen molar-refractivity contribution in [2.75, 3.05) is 0 Å². The van der Waals surface area contributed by atoms with Gasteiger partial charge in [-0.05, 0) is 216 Å². The van der Waals surface area contributed by atoms with E-state index in [0.717, 1.165) is 122 Å². The lowest BCUT2D eigenvalue weighted by atomic mass is 9.96. The summed E-state index contributed by atoms with van der Waals surface area (Å²) in [6.07, 6.45) is 0. The van der Waals surface area contributed by atoms with Crippen LogP contribution in [0.3, 0.4) is 0 Å². The average molecular weight is 1490 g/mol. The molecule has 0 radical (unpaired) electrons. The predicted molar refractivity (Wildman–Crippen MR) is 487 cm³/mol. The van der Waals surface area contributed by atoms with Crippen molar-refractivity contribution in [1.82, 2.24) is 38.2 Å². The Balaban J connectivity index is 0.000000128. The van der Waals surface area contributed by atoms with E-state index in [1.165, 1.54) is 131 Å². The Kier molecular flexibility index (Phi) is 13.3. The van der Waals surface area contributed by atoms with Crippen LogP contribution in [-0.2, 0) is 0 Å². The molecule has 0 unspecified atom stereocenters. The molecule has 0 N–H and O–H groups in total. The minimum atomic E-state index is 0.778. The molecule has 1 aliphatic carbocycles. The van der Waals surface area contributed by atoms with E-state index in [-0.39, 0.29) is 0 Å². The van der Waals surface area contributed by atoms with Gasteiger partial charge in [-0.1, -0.05) is 237 Å². The van der Waals surface area contributed by atoms with Crippen LogP contribution in [0.5, 0.6) is 0 Å². The van der Waals surface area contributed by atoms with E-state index < -0.39 is 0 Å². The van der Waals surface area contributed by atoms with Gasteiger partial charge in [-0.15, -0.1) is 0 Å². The molecule has 26 aromatic rings. The first-order valence-corrected chi connectivity index (χ1v) is 39.9. The maximum atomic E-state index is 6.38. The number of rotatable bonds is 6. The van der Waals surface area contributed by atoms with Crippen molar-refractivity contribution in [2.24, 2.45) is 0 Å². The molecule has 1 aliphatic rings. The number of fused-ring (bicyclic) bond motifs is 24. The lowest BCUT2D eigenvalue weighted by Crippen LogP contribution is -2.04. The summed E-state index contributed by atoms with van der Waals surface area (Å²) < 4.78 is 15.9. The maximum Gasteiger partial charge on any atom is 0.165 e. The fourth-order valence-electron chi connectivity index (χ4n) is 19.6. The monoisotopic (exact) mass is 1490 g/mol. The van der Waals surface area contributed by atoms with Crippen LogP contribution in [0.15, 0.2) is 381 Å². The maximum absolute atomic E-state index is 6.38. The third kappa shape index (κ3) is 9.42. The van der Waals surface area contributed by atoms with Crippen LogP contribution in [0, 0.1) is 0 Å². The molecule has 9 nitrogen and oxygen atoms in total. The second-order valence-corrected chi connectivity index (χ2v) is 31.2. The van der Waals surface area contributed by atoms with Crippen molar-refractivity contribution < 1.29 is 4.42 Å². The van der Waals surface area contributed by atoms with Crippen LogP contribution < -0.4 is 0 Å². The van der Waals surface area contributed by atoms with Gasteiger partial charge in [-0.25, -0.2) is 19.9 Å². The smallest absolute Gasteiger partial charge is 0.165 e. The molecule has 27 rings (SSSR count). The van der Waals surface area contributed by atoms with Crippen LogP contribution in [0.1, 0.15) is 0 Å². The SMILES string of the molecule is c1ccc2c(c1)-c1cccc3c(-c4nc5ccccc5nc4-n4c5ccccc5c5cc6ccc(-n7c8ccccc8c8cc9ccccc9cc87)cc6cc54)ccc-2c13.c1ccc2cc3c(cc2c1)c1ccccc1n3-c1ccc2cc3c4ccccc4n(-c4nc5ccccc5nc4-c4ccc5c(c4)oc4ccccc45)c3cc2c1. The molecule has 0 aliphatic heterocycles. The van der Waals surface area contributed by atoms with Gasteiger partial charge in [-0.3, -0.25) is 9.13 Å². The summed E-state index contributed by atoms with van der Waals surface area (Å²) in [7, 11) is 0. The highest BCUT2D eigenvalue weighted by molar-refractivity contribution is 6.22. The van der Waals surface area contributed by atoms with Crippen molar-refractivity contribution in [2.45, 2.75) is 0 Å². The van der Waals surface area contributed by atoms with Gasteiger partial charge < -0.3 is 13.6 Å². The number of benzene rings is 19. The standard InChI is InChI=1S/C56H32N4.C52H30N4O/c1-2-13-34-31-52-46(29-33(34)12-1)40-16-5-9-22-50(40)59(52)37-25-24-35-30-47-41-17-6-10-23-51(41)60(53(47)32-36(35)28-37)56-55(57-48-20-7-8-21-49(48)58-56)45-27-26-44-39-15-4-3-14-38(39)42-18-11-19-43(45)54(42)44;1-2-12-32-28-47-41(26-31(32)11-1)37-13-3-8-18-45(37)55(47)36-23-21-33-27-42-38-14-4-9-19-46(38)56(48(42)29-35(33)25-36)52-51(53-43-16-6-7-17-44(43)54-52)34-22-24-40-39-15-5-10-20-49(39)57-50(40)30-34/h1-32H;1-30H. The number of hydrogen-bond donors (Lipinski definition) is 0. The number of nitrogens with zero attached hydrogens (tertiary/aromatic N) is 8. The summed E-state index contributed by atoms with van der Waals surface area (Å²) in [5.41, 5.74) is 25.3. The van der Waals surface area contributed by atoms with Gasteiger partial charge in [-0.2, -0.15) is 0 Å². The van der Waals surface area contributed by atoms with E-state index in [0.29, 0.717) is 0 Å². The summed E-state index contributed by atoms with van der Waals surface area (Å²) in [6.45, 7) is 0. The highest BCUT2D eigenvalue weighted by Crippen LogP contribution is 2.51. The third-order valence-corrected chi connectivity index (χ3v) is 24.8. The molecule has 0 atom stereocenters. The minimum absolute atomic E-state index is 0.778. The minimum Gasteiger partial charge on any atom is -0.456 e. The largest absolute Gasteiger partial charge is 0.456 e. The van der Waals surface area contributed by atoms with Gasteiger partial charge in [0, 0.05) is 76.4 Å². The van der Waals surface area contributed by atoms with E-state index in [1.54, 1.807) is 0 Å². The van der Waals surface area contributed by atoms with Crippen molar-refractivity contribution in [3.05, 3.63) is 376 Å². The van der Waals surface area contributed by atoms with Gasteiger partial charge in [0.15, 0.2) is 11.6 Å². The van der Waals surface area contributed by atoms with E-state index >= 15 is 0 Å². The molecule has 117 heavy (non-hydrogen) atoms. The van der Waals surface area contributed by atoms with Crippen molar-refractivity contribution in [3.63, 3.8) is 0 Å². The fraction of sp³-hybridized carbons (Fsp3) is 0. The Morgan fingerprint density at radius 1 is 0.188 bits per heavy atom. The zero-order valence-electron chi connectivity index (χ0n) is 62.8. The molecular weight excluding hydrogens is 1430 g/mol. The summed E-state index contributed by atoms with van der Waals surface area (Å²) >= 11 is 0. The van der Waals surface area contributed by atoms with E-state index in [1.807, 2.05) is 36.4 Å². The third-order valence-electron chi connectivity index (χ3n) is 24.8. The first-order chi connectivity index (χ1) is 58.0. The molecule has 0 spiro atoms. The van der Waals surface area contributed by atoms with Crippen molar-refractivity contribution in [1.29, 1.82) is 0 Å². The summed E-state index contributed by atoms with van der Waals surface area (Å²) in [4.78, 5) is 21.8. The Bertz CT molecular complexity index is 8850. The van der Waals surface area contributed by atoms with Gasteiger partial charge in [0.25, 0.3) is 0 Å². The fourth-order valence-corrected chi connectivity index (χ4v) is 19.6. The van der Waals surface area contributed by atoms with Crippen LogP contribution in [0.25, 0.3) is 253 Å². The van der Waals surface area contributed by atoms with Crippen molar-refractivity contribution in [3.8, 4) is 67.8 Å². The molecule has 7 aromatic heterocycles. The van der Waals surface area contributed by atoms with Gasteiger partial charge >= 0.3 is 0 Å². The van der Waals surface area contributed by atoms with Crippen molar-refractivity contribution >= 4 is 185 Å². The topological polar surface area (TPSA) is 84.4 Å². The second kappa shape index (κ2) is 24.3. The zero-order valence-corrected chi connectivity index (χ0v) is 62.8. The summed E-state index contributed by atoms with van der Waals surface area (Å²) in [5, 5.41) is 24.0. The number of para-hydroxylation sites is 9. The molecular formula is C108H62N8O. The van der Waals surface area contributed by atoms with Gasteiger partial charge in [0.05, 0.1) is 66.2 Å². The first kappa shape index (κ1) is 63.8. The van der Waals surface area contributed by atoms with E-state index in [9.17, 15) is 0 Å². The van der Waals surface area contributed by atoms with Crippen LogP contribution in [0.4, 0.5) is 0 Å². The molecule has 0 saturated heterocycles. The molecule has 0 fully saturated rings. The molecule has 9 heteroatoms. The first-order valence-electron chi connectivity index (χ1n) is 39.9. The highest BCUT2D eigenvalue weighted by Gasteiger charge is 2.28. The Morgan fingerprint density at radius 3 is 1.07 bits per heavy atom. The molecule has 19 aromatic carbocycles. The quantitative estimate of drug-likeness (QED) is 0.166. The number of furan rings is 1.